The van der Waals surface area contributed by atoms with Crippen LogP contribution in [0.3, 0.4) is 0 Å². The number of carbonyl (C=O) groups excluding carboxylic acids is 2. The van der Waals surface area contributed by atoms with Crippen molar-refractivity contribution >= 4 is 23.2 Å². The summed E-state index contributed by atoms with van der Waals surface area (Å²) in [6.07, 6.45) is 0.0960. The van der Waals surface area contributed by atoms with Crippen molar-refractivity contribution in [3.8, 4) is 5.75 Å². The van der Waals surface area contributed by atoms with Crippen LogP contribution in [0.1, 0.15) is 26.3 Å². The maximum absolute atomic E-state index is 12.3. The van der Waals surface area contributed by atoms with Gasteiger partial charge in [-0.25, -0.2) is 0 Å². The van der Waals surface area contributed by atoms with Gasteiger partial charge in [0.1, 0.15) is 12.3 Å². The maximum atomic E-state index is 12.3. The van der Waals surface area contributed by atoms with Gasteiger partial charge in [0.15, 0.2) is 0 Å². The van der Waals surface area contributed by atoms with Gasteiger partial charge in [-0.05, 0) is 56.7 Å². The number of amides is 2. The van der Waals surface area contributed by atoms with E-state index >= 15 is 0 Å². The van der Waals surface area contributed by atoms with Gasteiger partial charge in [-0.15, -0.1) is 0 Å². The lowest BCUT2D eigenvalue weighted by atomic mass is 10.2. The molecule has 0 atom stereocenters. The molecule has 0 saturated carbocycles. The fourth-order valence-corrected chi connectivity index (χ4v) is 2.47. The van der Waals surface area contributed by atoms with Crippen molar-refractivity contribution in [1.29, 1.82) is 0 Å². The fourth-order valence-electron chi connectivity index (χ4n) is 2.47. The second-order valence-corrected chi connectivity index (χ2v) is 6.13. The van der Waals surface area contributed by atoms with Crippen LogP contribution in [-0.4, -0.2) is 24.5 Å². The molecule has 0 spiro atoms. The van der Waals surface area contributed by atoms with E-state index < -0.39 is 0 Å². The minimum Gasteiger partial charge on any atom is -0.491 e. The Labute approximate surface area is 148 Å². The highest BCUT2D eigenvalue weighted by molar-refractivity contribution is 6.02. The van der Waals surface area contributed by atoms with Crippen LogP contribution in [0.5, 0.6) is 5.75 Å². The molecule has 2 aromatic carbocycles. The number of carbonyl (C=O) groups is 2. The van der Waals surface area contributed by atoms with E-state index in [0.717, 1.165) is 17.0 Å². The van der Waals surface area contributed by atoms with Crippen LogP contribution in [0.2, 0.25) is 0 Å². The first-order valence-corrected chi connectivity index (χ1v) is 8.27. The molecule has 0 radical (unpaired) electrons. The van der Waals surface area contributed by atoms with Gasteiger partial charge in [-0.1, -0.05) is 18.2 Å². The van der Waals surface area contributed by atoms with Crippen LogP contribution >= 0.6 is 0 Å². The minimum absolute atomic E-state index is 0.0373. The second kappa shape index (κ2) is 8.33. The molecule has 132 valence electrons. The topological polar surface area (TPSA) is 58.6 Å². The number of nitrogens with zero attached hydrogens (tertiary/aromatic N) is 1. The third-order valence-electron chi connectivity index (χ3n) is 3.60. The van der Waals surface area contributed by atoms with E-state index in [9.17, 15) is 9.59 Å². The molecule has 2 amide bonds. The van der Waals surface area contributed by atoms with E-state index in [-0.39, 0.29) is 24.5 Å². The van der Waals surface area contributed by atoms with E-state index in [1.54, 1.807) is 24.3 Å². The Bertz CT molecular complexity index is 739. The molecule has 0 aliphatic heterocycles. The summed E-state index contributed by atoms with van der Waals surface area (Å²) in [7, 11) is 0. The third-order valence-corrected chi connectivity index (χ3v) is 3.60. The van der Waals surface area contributed by atoms with E-state index in [4.69, 9.17) is 4.74 Å². The molecule has 0 aromatic heterocycles. The van der Waals surface area contributed by atoms with Gasteiger partial charge in [0.05, 0.1) is 6.10 Å². The molecule has 0 bridgehead atoms. The molecule has 2 aromatic rings. The monoisotopic (exact) mass is 340 g/mol. The molecule has 0 fully saturated rings. The molecule has 0 heterocycles. The normalized spacial score (nSPS) is 10.4. The van der Waals surface area contributed by atoms with E-state index in [1.807, 2.05) is 45.0 Å². The third kappa shape index (κ3) is 5.35. The number of ether oxygens (including phenoxy) is 1. The van der Waals surface area contributed by atoms with Crippen molar-refractivity contribution in [2.24, 2.45) is 0 Å². The number of para-hydroxylation sites is 1. The first-order chi connectivity index (χ1) is 11.9. The van der Waals surface area contributed by atoms with Crippen molar-refractivity contribution in [2.45, 2.75) is 33.8 Å². The standard InChI is InChI=1S/C20H24N2O3/c1-14(2)25-18-11-9-17(10-12-18)21-20(24)13-22(16(4)23)19-8-6-5-7-15(19)3/h5-12,14H,13H2,1-4H3,(H,21,24). The summed E-state index contributed by atoms with van der Waals surface area (Å²) < 4.78 is 5.58. The molecule has 5 heteroatoms. The van der Waals surface area contributed by atoms with Gasteiger partial charge in [0.2, 0.25) is 11.8 Å². The van der Waals surface area contributed by atoms with Gasteiger partial charge in [0, 0.05) is 18.3 Å². The lowest BCUT2D eigenvalue weighted by Gasteiger charge is -2.22. The molecule has 0 aliphatic rings. The molecule has 5 nitrogen and oxygen atoms in total. The van der Waals surface area contributed by atoms with Crippen molar-refractivity contribution < 1.29 is 14.3 Å². The van der Waals surface area contributed by atoms with Crippen molar-refractivity contribution in [1.82, 2.24) is 0 Å². The number of benzene rings is 2. The Morgan fingerprint density at radius 2 is 1.72 bits per heavy atom. The van der Waals surface area contributed by atoms with Crippen LogP contribution < -0.4 is 15.0 Å². The molecule has 2 rings (SSSR count). The average molecular weight is 340 g/mol. The van der Waals surface area contributed by atoms with Gasteiger partial charge >= 0.3 is 0 Å². The van der Waals surface area contributed by atoms with Crippen molar-refractivity contribution in [3.63, 3.8) is 0 Å². The van der Waals surface area contributed by atoms with Gasteiger partial charge in [0.25, 0.3) is 0 Å². The molecular weight excluding hydrogens is 316 g/mol. The summed E-state index contributed by atoms with van der Waals surface area (Å²) >= 11 is 0. The van der Waals surface area contributed by atoms with Gasteiger partial charge in [-0.2, -0.15) is 0 Å². The molecule has 0 saturated heterocycles. The zero-order valence-electron chi connectivity index (χ0n) is 15.1. The lowest BCUT2D eigenvalue weighted by molar-refractivity contribution is -0.120. The highest BCUT2D eigenvalue weighted by Gasteiger charge is 2.17. The minimum atomic E-state index is -0.254. The van der Waals surface area contributed by atoms with Gasteiger partial charge in [-0.3, -0.25) is 9.59 Å². The summed E-state index contributed by atoms with van der Waals surface area (Å²) in [5, 5.41) is 2.81. The molecule has 25 heavy (non-hydrogen) atoms. The van der Waals surface area contributed by atoms with Crippen LogP contribution in [-0.2, 0) is 9.59 Å². The van der Waals surface area contributed by atoms with Crippen LogP contribution in [0.4, 0.5) is 11.4 Å². The highest BCUT2D eigenvalue weighted by atomic mass is 16.5. The number of nitrogens with one attached hydrogen (secondary N) is 1. The predicted octanol–water partition coefficient (Wildman–Crippen LogP) is 3.77. The number of hydrogen-bond donors (Lipinski definition) is 1. The average Bonchev–Trinajstić information content (AvgIpc) is 2.54. The molecular formula is C20H24N2O3. The quantitative estimate of drug-likeness (QED) is 0.871. The number of hydrogen-bond acceptors (Lipinski definition) is 3. The highest BCUT2D eigenvalue weighted by Crippen LogP contribution is 2.20. The van der Waals surface area contributed by atoms with E-state index in [2.05, 4.69) is 5.32 Å². The summed E-state index contributed by atoms with van der Waals surface area (Å²) in [6.45, 7) is 7.24. The largest absolute Gasteiger partial charge is 0.491 e. The van der Waals surface area contributed by atoms with Crippen LogP contribution in [0.25, 0.3) is 0 Å². The number of rotatable bonds is 6. The predicted molar refractivity (Wildman–Crippen MR) is 100 cm³/mol. The molecule has 0 aliphatic carbocycles. The summed E-state index contributed by atoms with van der Waals surface area (Å²) in [5.41, 5.74) is 2.35. The van der Waals surface area contributed by atoms with Crippen molar-refractivity contribution in [2.75, 3.05) is 16.8 Å². The van der Waals surface area contributed by atoms with Crippen molar-refractivity contribution in [3.05, 3.63) is 54.1 Å². The Morgan fingerprint density at radius 1 is 1.08 bits per heavy atom. The molecule has 1 N–H and O–H groups in total. The van der Waals surface area contributed by atoms with E-state index in [0.29, 0.717) is 5.69 Å². The number of anilines is 2. The summed E-state index contributed by atoms with van der Waals surface area (Å²) in [6, 6.07) is 14.7. The second-order valence-electron chi connectivity index (χ2n) is 6.13. The first-order valence-electron chi connectivity index (χ1n) is 8.27. The lowest BCUT2D eigenvalue weighted by Crippen LogP contribution is -2.37. The zero-order valence-corrected chi connectivity index (χ0v) is 15.1. The Morgan fingerprint density at radius 3 is 2.28 bits per heavy atom. The van der Waals surface area contributed by atoms with Gasteiger partial charge < -0.3 is 15.0 Å². The zero-order chi connectivity index (χ0) is 18.4. The SMILES string of the molecule is CC(=O)N(CC(=O)Nc1ccc(OC(C)C)cc1)c1ccccc1C. The van der Waals surface area contributed by atoms with Crippen LogP contribution in [0.15, 0.2) is 48.5 Å². The Kier molecular flexibility index (Phi) is 6.17. The Balaban J connectivity index is 2.04. The summed E-state index contributed by atoms with van der Waals surface area (Å²) in [4.78, 5) is 25.8. The first kappa shape index (κ1) is 18.5. The smallest absolute Gasteiger partial charge is 0.244 e. The maximum Gasteiger partial charge on any atom is 0.244 e. The van der Waals surface area contributed by atoms with E-state index in [1.165, 1.54) is 11.8 Å². The Hall–Kier alpha value is -2.82. The van der Waals surface area contributed by atoms with Crippen LogP contribution in [0, 0.1) is 6.92 Å². The fraction of sp³-hybridized carbons (Fsp3) is 0.300. The number of aryl methyl sites for hydroxylation is 1. The summed E-state index contributed by atoms with van der Waals surface area (Å²) in [5.74, 6) is 0.319. The molecule has 0 unspecified atom stereocenters.